The Bertz CT molecular complexity index is 800. The van der Waals surface area contributed by atoms with Gasteiger partial charge in [-0.15, -0.1) is 0 Å². The molecule has 30 heavy (non-hydrogen) atoms. The molecule has 0 bridgehead atoms. The summed E-state index contributed by atoms with van der Waals surface area (Å²) in [4.78, 5) is 25.7. The van der Waals surface area contributed by atoms with E-state index in [2.05, 4.69) is 16.0 Å². The quantitative estimate of drug-likeness (QED) is 0.376. The van der Waals surface area contributed by atoms with Gasteiger partial charge in [-0.05, 0) is 37.3 Å². The van der Waals surface area contributed by atoms with Crippen LogP contribution in [-0.2, 0) is 22.7 Å². The van der Waals surface area contributed by atoms with E-state index in [1.807, 2.05) is 67.6 Å². The Morgan fingerprint density at radius 1 is 0.933 bits per heavy atom. The topological polar surface area (TPSA) is 79.5 Å². The molecule has 0 spiro atoms. The van der Waals surface area contributed by atoms with Crippen LogP contribution < -0.4 is 16.0 Å². The number of thiocarbonyl (C=S) groups is 1. The van der Waals surface area contributed by atoms with Crippen molar-refractivity contribution in [2.24, 2.45) is 0 Å². The second kappa shape index (κ2) is 13.3. The van der Waals surface area contributed by atoms with Gasteiger partial charge in [-0.1, -0.05) is 72.9 Å². The zero-order chi connectivity index (χ0) is 21.6. The highest BCUT2D eigenvalue weighted by molar-refractivity contribution is 7.80. The van der Waals surface area contributed by atoms with Gasteiger partial charge in [0.1, 0.15) is 12.6 Å². The lowest BCUT2D eigenvalue weighted by molar-refractivity contribution is -0.123. The molecule has 0 fully saturated rings. The Balaban J connectivity index is 1.85. The van der Waals surface area contributed by atoms with Gasteiger partial charge in [0.05, 0.1) is 4.99 Å². The summed E-state index contributed by atoms with van der Waals surface area (Å²) in [7, 11) is 0. The number of hydrogen-bond donors (Lipinski definition) is 3. The third kappa shape index (κ3) is 9.52. The van der Waals surface area contributed by atoms with Crippen LogP contribution in [0.5, 0.6) is 0 Å². The van der Waals surface area contributed by atoms with Gasteiger partial charge in [0.2, 0.25) is 5.91 Å². The molecule has 0 heterocycles. The molecule has 0 aliphatic rings. The maximum absolute atomic E-state index is 12.7. The molecule has 0 radical (unpaired) electrons. The van der Waals surface area contributed by atoms with Gasteiger partial charge in [-0.3, -0.25) is 4.79 Å². The number of unbranched alkanes of at least 4 members (excludes halogenated alkanes) is 1. The Kier molecular flexibility index (Phi) is 10.4. The minimum Gasteiger partial charge on any atom is -0.445 e. The number of ether oxygens (including phenoxy) is 1. The van der Waals surface area contributed by atoms with Crippen molar-refractivity contribution in [2.75, 3.05) is 6.54 Å². The SMILES string of the molecule is CC(=S)NCCCC[C@H](NC(=O)OCc1ccccc1)C(=O)NCc1ccccc1. The van der Waals surface area contributed by atoms with Crippen molar-refractivity contribution in [2.45, 2.75) is 45.4 Å². The average Bonchev–Trinajstić information content (AvgIpc) is 2.76. The van der Waals surface area contributed by atoms with E-state index in [1.165, 1.54) is 0 Å². The Morgan fingerprint density at radius 3 is 2.20 bits per heavy atom. The van der Waals surface area contributed by atoms with Crippen LogP contribution in [0.4, 0.5) is 4.79 Å². The first-order valence-corrected chi connectivity index (χ1v) is 10.5. The molecular formula is C23H29N3O3S. The van der Waals surface area contributed by atoms with Gasteiger partial charge in [-0.2, -0.15) is 0 Å². The summed E-state index contributed by atoms with van der Waals surface area (Å²) in [6, 6.07) is 18.4. The molecule has 2 amide bonds. The van der Waals surface area contributed by atoms with E-state index < -0.39 is 12.1 Å². The van der Waals surface area contributed by atoms with Crippen molar-refractivity contribution in [3.63, 3.8) is 0 Å². The summed E-state index contributed by atoms with van der Waals surface area (Å²) in [5, 5.41) is 8.69. The lowest BCUT2D eigenvalue weighted by atomic mass is 10.1. The van der Waals surface area contributed by atoms with Crippen LogP contribution in [0.3, 0.4) is 0 Å². The number of hydrogen-bond acceptors (Lipinski definition) is 4. The number of carbonyl (C=O) groups is 2. The monoisotopic (exact) mass is 427 g/mol. The minimum atomic E-state index is -0.662. The second-order valence-corrected chi connectivity index (χ2v) is 7.55. The summed E-state index contributed by atoms with van der Waals surface area (Å²) in [6.45, 7) is 3.14. The molecule has 160 valence electrons. The van der Waals surface area contributed by atoms with Gasteiger partial charge in [0.15, 0.2) is 0 Å². The molecule has 1 atom stereocenters. The predicted octanol–water partition coefficient (Wildman–Crippen LogP) is 3.71. The van der Waals surface area contributed by atoms with Crippen molar-refractivity contribution in [3.05, 3.63) is 71.8 Å². The predicted molar refractivity (Wildman–Crippen MR) is 122 cm³/mol. The normalized spacial score (nSPS) is 11.2. The van der Waals surface area contributed by atoms with Crippen molar-refractivity contribution in [1.82, 2.24) is 16.0 Å². The zero-order valence-corrected chi connectivity index (χ0v) is 18.0. The van der Waals surface area contributed by atoms with Crippen LogP contribution >= 0.6 is 12.2 Å². The molecule has 0 aliphatic heterocycles. The molecule has 0 saturated heterocycles. The number of carbonyl (C=O) groups excluding carboxylic acids is 2. The molecule has 0 unspecified atom stereocenters. The van der Waals surface area contributed by atoms with Crippen LogP contribution in [0.2, 0.25) is 0 Å². The molecule has 0 aliphatic carbocycles. The van der Waals surface area contributed by atoms with Crippen molar-refractivity contribution in [3.8, 4) is 0 Å². The van der Waals surface area contributed by atoms with E-state index in [0.29, 0.717) is 13.0 Å². The highest BCUT2D eigenvalue weighted by Gasteiger charge is 2.21. The van der Waals surface area contributed by atoms with Gasteiger partial charge in [0.25, 0.3) is 0 Å². The minimum absolute atomic E-state index is 0.156. The summed E-state index contributed by atoms with van der Waals surface area (Å²) < 4.78 is 5.27. The molecule has 2 aromatic carbocycles. The van der Waals surface area contributed by atoms with Crippen LogP contribution in [0.15, 0.2) is 60.7 Å². The van der Waals surface area contributed by atoms with Crippen molar-refractivity contribution >= 4 is 29.2 Å². The number of benzene rings is 2. The fourth-order valence-electron chi connectivity index (χ4n) is 2.82. The highest BCUT2D eigenvalue weighted by atomic mass is 32.1. The Labute approximate surface area is 183 Å². The number of alkyl carbamates (subject to hydrolysis) is 1. The third-order valence-corrected chi connectivity index (χ3v) is 4.57. The van der Waals surface area contributed by atoms with Gasteiger partial charge < -0.3 is 20.7 Å². The Hall–Kier alpha value is -2.93. The molecule has 0 saturated carbocycles. The van der Waals surface area contributed by atoms with E-state index in [4.69, 9.17) is 17.0 Å². The fraction of sp³-hybridized carbons (Fsp3) is 0.348. The maximum atomic E-state index is 12.7. The molecule has 6 nitrogen and oxygen atoms in total. The number of nitrogens with one attached hydrogen (secondary N) is 3. The number of rotatable bonds is 11. The summed E-state index contributed by atoms with van der Waals surface area (Å²) in [6.07, 6.45) is 1.51. The Morgan fingerprint density at radius 2 is 1.57 bits per heavy atom. The highest BCUT2D eigenvalue weighted by Crippen LogP contribution is 2.05. The van der Waals surface area contributed by atoms with E-state index in [0.717, 1.165) is 35.5 Å². The zero-order valence-electron chi connectivity index (χ0n) is 17.2. The molecule has 2 rings (SSSR count). The molecule has 3 N–H and O–H groups in total. The second-order valence-electron chi connectivity index (χ2n) is 6.94. The standard InChI is InChI=1S/C23H29N3O3S/c1-18(30)24-15-9-8-14-21(22(27)25-16-19-10-4-2-5-11-19)26-23(28)29-17-20-12-6-3-7-13-20/h2-7,10-13,21H,8-9,14-17H2,1H3,(H,24,30)(H,25,27)(H,26,28)/t21-/m0/s1. The first-order chi connectivity index (χ1) is 14.5. The van der Waals surface area contributed by atoms with E-state index in [1.54, 1.807) is 0 Å². The summed E-state index contributed by atoms with van der Waals surface area (Å²) >= 11 is 5.00. The smallest absolute Gasteiger partial charge is 0.408 e. The van der Waals surface area contributed by atoms with E-state index in [9.17, 15) is 9.59 Å². The molecular weight excluding hydrogens is 398 g/mol. The molecule has 0 aromatic heterocycles. The van der Waals surface area contributed by atoms with Gasteiger partial charge >= 0.3 is 6.09 Å². The van der Waals surface area contributed by atoms with Crippen molar-refractivity contribution < 1.29 is 14.3 Å². The van der Waals surface area contributed by atoms with E-state index in [-0.39, 0.29) is 12.5 Å². The molecule has 7 heteroatoms. The van der Waals surface area contributed by atoms with Crippen LogP contribution in [0, 0.1) is 0 Å². The van der Waals surface area contributed by atoms with Crippen LogP contribution in [-0.4, -0.2) is 29.6 Å². The summed E-state index contributed by atoms with van der Waals surface area (Å²) in [5.41, 5.74) is 1.89. The maximum Gasteiger partial charge on any atom is 0.408 e. The first kappa shape index (κ1) is 23.3. The van der Waals surface area contributed by atoms with Gasteiger partial charge in [0, 0.05) is 13.1 Å². The lowest BCUT2D eigenvalue weighted by Gasteiger charge is -2.18. The van der Waals surface area contributed by atoms with Crippen molar-refractivity contribution in [1.29, 1.82) is 0 Å². The largest absolute Gasteiger partial charge is 0.445 e. The number of amides is 2. The summed E-state index contributed by atoms with van der Waals surface area (Å²) in [5.74, 6) is -0.227. The third-order valence-electron chi connectivity index (χ3n) is 4.42. The van der Waals surface area contributed by atoms with E-state index >= 15 is 0 Å². The average molecular weight is 428 g/mol. The van der Waals surface area contributed by atoms with Crippen LogP contribution in [0.1, 0.15) is 37.3 Å². The van der Waals surface area contributed by atoms with Crippen LogP contribution in [0.25, 0.3) is 0 Å². The van der Waals surface area contributed by atoms with Gasteiger partial charge in [-0.25, -0.2) is 4.79 Å². The molecule has 2 aromatic rings. The fourth-order valence-corrected chi connectivity index (χ4v) is 2.92. The lowest BCUT2D eigenvalue weighted by Crippen LogP contribution is -2.46. The first-order valence-electron chi connectivity index (χ1n) is 10.1.